The molecule has 9 heavy (non-hydrogen) atoms. The van der Waals surface area contributed by atoms with Crippen LogP contribution in [0.15, 0.2) is 0 Å². The van der Waals surface area contributed by atoms with Gasteiger partial charge in [-0.3, -0.25) is 0 Å². The highest BCUT2D eigenvalue weighted by Gasteiger charge is 2.09. The van der Waals surface area contributed by atoms with Crippen LogP contribution in [0, 0.1) is 0 Å². The molecule has 0 aromatic rings. The maximum absolute atomic E-state index is 2.79. The molecule has 0 aliphatic carbocycles. The summed E-state index contributed by atoms with van der Waals surface area (Å²) in [5, 5.41) is 0. The monoisotopic (exact) mass is 293 g/mol. The summed E-state index contributed by atoms with van der Waals surface area (Å²) in [6.07, 6.45) is 4.74. The molecule has 0 saturated carbocycles. The summed E-state index contributed by atoms with van der Waals surface area (Å²) in [5.74, 6) is 0. The van der Waals surface area contributed by atoms with Crippen LogP contribution in [0.2, 0.25) is 13.1 Å². The maximum Gasteiger partial charge on any atom is 0.167 e. The summed E-state index contributed by atoms with van der Waals surface area (Å²) in [7, 11) is -0.300. The van der Waals surface area contributed by atoms with Crippen molar-refractivity contribution in [2.75, 3.05) is 12.5 Å². The molecule has 1 nitrogen and oxygen atoms in total. The quantitative estimate of drug-likeness (QED) is 0.350. The van der Waals surface area contributed by atoms with Gasteiger partial charge in [-0.2, -0.15) is 0 Å². The zero-order valence-electron chi connectivity index (χ0n) is 6.56. The third-order valence-corrected chi connectivity index (χ3v) is 17.4. The number of thiol groups is 1. The summed E-state index contributed by atoms with van der Waals surface area (Å²) in [6, 6.07) is 0. The molecule has 0 aliphatic rings. The lowest BCUT2D eigenvalue weighted by molar-refractivity contribution is 1.13. The second-order valence-corrected chi connectivity index (χ2v) is 12.2. The van der Waals surface area contributed by atoms with Crippen LogP contribution in [0.25, 0.3) is 0 Å². The second-order valence-electron chi connectivity index (χ2n) is 2.50. The fraction of sp³-hybridized carbons (Fsp3) is 1.00. The fourth-order valence-corrected chi connectivity index (χ4v) is 18.9. The maximum atomic E-state index is 2.79. The van der Waals surface area contributed by atoms with E-state index >= 15 is 0 Å². The van der Waals surface area contributed by atoms with E-state index in [0.29, 0.717) is 0 Å². The third kappa shape index (κ3) is 4.02. The van der Waals surface area contributed by atoms with Crippen molar-refractivity contribution in [3.63, 3.8) is 0 Å². The van der Waals surface area contributed by atoms with Gasteiger partial charge in [0.1, 0.15) is 8.96 Å². The minimum absolute atomic E-state index is 0.127. The van der Waals surface area contributed by atoms with E-state index in [1.165, 1.54) is 0 Å². The molecular formula is C4H16INSSi2. The van der Waals surface area contributed by atoms with Gasteiger partial charge in [-0.1, -0.05) is 13.1 Å². The molecule has 0 fully saturated rings. The van der Waals surface area contributed by atoms with Crippen molar-refractivity contribution in [1.29, 1.82) is 0 Å². The van der Waals surface area contributed by atoms with E-state index in [1.54, 1.807) is 0 Å². The lowest BCUT2D eigenvalue weighted by Gasteiger charge is -2.30. The molecule has 0 radical (unpaired) electrons. The van der Waals surface area contributed by atoms with Crippen LogP contribution in [0.4, 0.5) is 0 Å². The average Bonchev–Trinajstić information content (AvgIpc) is 1.64. The van der Waals surface area contributed by atoms with Crippen LogP contribution in [-0.4, -0.2) is 32.3 Å². The Hall–Kier alpha value is 1.47. The topological polar surface area (TPSA) is 3.24 Å². The first-order valence-electron chi connectivity index (χ1n) is 3.09. The molecule has 0 spiro atoms. The zero-order chi connectivity index (χ0) is 7.44. The minimum atomic E-state index is -0.427. The molecule has 0 bridgehead atoms. The van der Waals surface area contributed by atoms with Gasteiger partial charge in [-0.05, 0) is 12.5 Å². The van der Waals surface area contributed by atoms with Crippen molar-refractivity contribution in [3.05, 3.63) is 0 Å². The highest BCUT2D eigenvalue weighted by molar-refractivity contribution is 14.1. The summed E-state index contributed by atoms with van der Waals surface area (Å²) in [6.45, 7) is 4.85. The Balaban J connectivity index is 3.68. The Morgan fingerprint density at radius 1 is 1.44 bits per heavy atom. The Labute approximate surface area is 77.9 Å². The van der Waals surface area contributed by atoms with E-state index in [4.69, 9.17) is 0 Å². The van der Waals surface area contributed by atoms with Gasteiger partial charge in [0.15, 0.2) is 7.18 Å². The van der Waals surface area contributed by atoms with Crippen molar-refractivity contribution in [2.24, 2.45) is 0 Å². The molecule has 0 unspecified atom stereocenters. The van der Waals surface area contributed by atoms with Crippen molar-refractivity contribution in [2.45, 2.75) is 13.1 Å². The molecule has 0 heterocycles. The highest BCUT2D eigenvalue weighted by Crippen LogP contribution is 2.22. The third-order valence-electron chi connectivity index (χ3n) is 1.23. The molecule has 0 N–H and O–H groups in total. The first kappa shape index (κ1) is 10.5. The molecule has 0 aromatic heterocycles. The van der Waals surface area contributed by atoms with E-state index in [2.05, 4.69) is 51.0 Å². The van der Waals surface area contributed by atoms with Gasteiger partial charge in [0.05, 0.1) is 0 Å². The second kappa shape index (κ2) is 5.17. The zero-order valence-corrected chi connectivity index (χ0v) is 12.2. The van der Waals surface area contributed by atoms with E-state index in [9.17, 15) is 0 Å². The van der Waals surface area contributed by atoms with Crippen LogP contribution in [-0.2, 0) is 0 Å². The molecule has 0 rings (SSSR count). The number of hydrogen-bond acceptors (Lipinski definition) is 1. The summed E-state index contributed by atoms with van der Waals surface area (Å²) < 4.78 is 2.79. The first-order chi connectivity index (χ1) is 4.09. The lowest BCUT2D eigenvalue weighted by Crippen LogP contribution is -2.31. The lowest BCUT2D eigenvalue weighted by atomic mass is 11.9. The van der Waals surface area contributed by atoms with Gasteiger partial charge in [0.25, 0.3) is 0 Å². The van der Waals surface area contributed by atoms with Gasteiger partial charge in [0, 0.05) is 0 Å². The average molecular weight is 293 g/mol. The number of rotatable bonds is 3. The minimum Gasteiger partial charge on any atom is -0.310 e. The van der Waals surface area contributed by atoms with Gasteiger partial charge in [-0.15, -0.1) is 21.8 Å². The predicted octanol–water partition coefficient (Wildman–Crippen LogP) is 0.881. The van der Waals surface area contributed by atoms with E-state index in [1.807, 2.05) is 0 Å². The van der Waals surface area contributed by atoms with E-state index in [-0.39, 0.29) is 18.3 Å². The molecule has 0 saturated heterocycles. The molecular weight excluding hydrogens is 277 g/mol. The molecule has 0 aliphatic heterocycles. The van der Waals surface area contributed by atoms with Crippen molar-refractivity contribution in [3.8, 4) is 0 Å². The molecule has 0 atom stereocenters. The van der Waals surface area contributed by atoms with Crippen LogP contribution in [0.1, 0.15) is 0 Å². The normalized spacial score (nSPS) is 14.3. The number of nitrogens with zero attached hydrogens (tertiary/aromatic N) is 1. The Kier molecular flexibility index (Phi) is 6.01. The van der Waals surface area contributed by atoms with Crippen LogP contribution in [0.5, 0.6) is 0 Å². The van der Waals surface area contributed by atoms with Crippen molar-refractivity contribution < 1.29 is 0 Å². The fourth-order valence-electron chi connectivity index (χ4n) is 0.707. The van der Waals surface area contributed by atoms with Crippen LogP contribution in [0.3, 0.4) is 0 Å². The standard InChI is InChI=1S/C4H16INSSi2/c1-7(2)6(8-5)9(3)4/h7,9H,8H2,1-4H3. The van der Waals surface area contributed by atoms with Gasteiger partial charge < -0.3 is 3.64 Å². The summed E-state index contributed by atoms with van der Waals surface area (Å²) in [5.41, 5.74) is 0. The largest absolute Gasteiger partial charge is 0.310 e. The van der Waals surface area contributed by atoms with Gasteiger partial charge in [0.2, 0.25) is 0 Å². The smallest absolute Gasteiger partial charge is 0.167 e. The molecule has 0 amide bonds. The summed E-state index contributed by atoms with van der Waals surface area (Å²) >= 11 is 2.84. The molecule has 58 valence electrons. The van der Waals surface area contributed by atoms with E-state index < -0.39 is 8.96 Å². The molecule has 0 aromatic carbocycles. The Morgan fingerprint density at radius 3 is 1.89 bits per heavy atom. The Morgan fingerprint density at radius 2 is 1.89 bits per heavy atom. The predicted molar refractivity (Wildman–Crippen MR) is 64.1 cm³/mol. The van der Waals surface area contributed by atoms with Crippen molar-refractivity contribution >= 4 is 49.0 Å². The van der Waals surface area contributed by atoms with E-state index in [0.717, 1.165) is 0 Å². The van der Waals surface area contributed by atoms with Gasteiger partial charge >= 0.3 is 0 Å². The number of halogens is 1. The number of hydrogen-bond donors (Lipinski definition) is 1. The SMILES string of the molecule is C[SiH](C)N([SiH2]I)[SH](C)C. The summed E-state index contributed by atoms with van der Waals surface area (Å²) in [4.78, 5) is 0. The van der Waals surface area contributed by atoms with Crippen molar-refractivity contribution in [1.82, 2.24) is 3.64 Å². The van der Waals surface area contributed by atoms with Gasteiger partial charge in [-0.25, -0.2) is 11.1 Å². The molecule has 5 heteroatoms. The highest BCUT2D eigenvalue weighted by atomic mass is 127. The van der Waals surface area contributed by atoms with Crippen LogP contribution < -0.4 is 0 Å². The van der Waals surface area contributed by atoms with Crippen LogP contribution >= 0.6 is 32.9 Å². The first-order valence-corrected chi connectivity index (χ1v) is 13.8. The Bertz CT molecular complexity index is 73.0.